The Labute approximate surface area is 150 Å². The smallest absolute Gasteiger partial charge is 0.394 e. The summed E-state index contributed by atoms with van der Waals surface area (Å²) in [7, 11) is 0. The molecule has 3 atom stereocenters. The van der Waals surface area contributed by atoms with Crippen LogP contribution in [0.2, 0.25) is 0 Å². The minimum atomic E-state index is -4.76. The highest BCUT2D eigenvalue weighted by atomic mass is 19.4. The Bertz CT molecular complexity index is 698. The zero-order valence-corrected chi connectivity index (χ0v) is 14.0. The molecule has 1 saturated heterocycles. The lowest BCUT2D eigenvalue weighted by Gasteiger charge is -2.23. The Morgan fingerprint density at radius 1 is 1.26 bits per heavy atom. The number of carboxylic acids is 1. The molecule has 1 heterocycles. The fourth-order valence-corrected chi connectivity index (χ4v) is 2.95. The van der Waals surface area contributed by atoms with E-state index in [9.17, 15) is 31.5 Å². The lowest BCUT2D eigenvalue weighted by molar-refractivity contribution is -0.187. The first-order valence-electron chi connectivity index (χ1n) is 7.89. The molecule has 2 N–H and O–H groups in total. The third-order valence-electron chi connectivity index (χ3n) is 4.29. The van der Waals surface area contributed by atoms with E-state index in [0.717, 1.165) is 4.90 Å². The van der Waals surface area contributed by atoms with Crippen LogP contribution >= 0.6 is 0 Å². The van der Waals surface area contributed by atoms with E-state index in [2.05, 4.69) is 10.1 Å². The molecule has 1 aliphatic rings. The number of amides is 2. The summed E-state index contributed by atoms with van der Waals surface area (Å²) in [4.78, 5) is 24.1. The van der Waals surface area contributed by atoms with E-state index in [1.165, 1.54) is 31.2 Å². The molecule has 150 valence electrons. The van der Waals surface area contributed by atoms with Crippen molar-refractivity contribution in [1.82, 2.24) is 10.2 Å². The molecule has 1 fully saturated rings. The van der Waals surface area contributed by atoms with Crippen molar-refractivity contribution in [2.75, 3.05) is 13.1 Å². The number of nitrogens with zero attached hydrogens (tertiary/aromatic N) is 1. The first-order chi connectivity index (χ1) is 12.5. The Morgan fingerprint density at radius 2 is 1.89 bits per heavy atom. The summed E-state index contributed by atoms with van der Waals surface area (Å²) in [5, 5.41) is 11.4. The van der Waals surface area contributed by atoms with Gasteiger partial charge in [0, 0.05) is 18.7 Å². The summed E-state index contributed by atoms with van der Waals surface area (Å²) in [6, 6.07) is 3.87. The van der Waals surface area contributed by atoms with E-state index in [4.69, 9.17) is 5.11 Å². The highest BCUT2D eigenvalue weighted by Gasteiger charge is 2.53. The second kappa shape index (κ2) is 7.97. The molecule has 6 nitrogen and oxygen atoms in total. The third kappa shape index (κ3) is 4.98. The van der Waals surface area contributed by atoms with Crippen molar-refractivity contribution in [2.24, 2.45) is 11.8 Å². The van der Waals surface area contributed by atoms with Gasteiger partial charge in [-0.05, 0) is 13.0 Å². The standard InChI is InChI=1S/C16H17F5N2O4/c1-8(9-4-2-3-5-12(9)27-14(17)18)22-15(26)23-6-10(13(24)25)11(7-23)16(19,20)21/h2-5,8,10-11,14H,6-7H2,1H3,(H,22,26)(H,24,25)/t8?,10-,11-/m1/s1. The van der Waals surface area contributed by atoms with Gasteiger partial charge in [0.05, 0.1) is 17.9 Å². The van der Waals surface area contributed by atoms with Gasteiger partial charge in [-0.2, -0.15) is 22.0 Å². The second-order valence-corrected chi connectivity index (χ2v) is 6.09. The highest BCUT2D eigenvalue weighted by Crippen LogP contribution is 2.38. The maximum Gasteiger partial charge on any atom is 0.394 e. The molecule has 1 aliphatic heterocycles. The van der Waals surface area contributed by atoms with Crippen LogP contribution < -0.4 is 10.1 Å². The average molecular weight is 396 g/mol. The predicted molar refractivity (Wildman–Crippen MR) is 82.3 cm³/mol. The fraction of sp³-hybridized carbons (Fsp3) is 0.500. The summed E-state index contributed by atoms with van der Waals surface area (Å²) >= 11 is 0. The van der Waals surface area contributed by atoms with Crippen molar-refractivity contribution in [3.8, 4) is 5.75 Å². The number of benzene rings is 1. The summed E-state index contributed by atoms with van der Waals surface area (Å²) in [5.74, 6) is -5.76. The molecule has 2 rings (SSSR count). The first-order valence-corrected chi connectivity index (χ1v) is 7.89. The molecule has 2 amide bonds. The SMILES string of the molecule is CC(NC(=O)N1C[C@@H](C(F)(F)F)[C@H](C(=O)O)C1)c1ccccc1OC(F)F. The molecule has 0 saturated carbocycles. The molecule has 0 bridgehead atoms. The first kappa shape index (κ1) is 20.7. The van der Waals surface area contributed by atoms with E-state index in [-0.39, 0.29) is 11.3 Å². The number of hydrogen-bond acceptors (Lipinski definition) is 3. The maximum absolute atomic E-state index is 13.0. The Morgan fingerprint density at radius 3 is 2.41 bits per heavy atom. The number of ether oxygens (including phenoxy) is 1. The molecule has 0 aromatic heterocycles. The van der Waals surface area contributed by atoms with Gasteiger partial charge >= 0.3 is 24.8 Å². The van der Waals surface area contributed by atoms with Crippen LogP contribution in [0.4, 0.5) is 26.7 Å². The van der Waals surface area contributed by atoms with Crippen molar-refractivity contribution in [3.63, 3.8) is 0 Å². The molecular weight excluding hydrogens is 379 g/mol. The minimum absolute atomic E-state index is 0.182. The summed E-state index contributed by atoms with van der Waals surface area (Å²) in [6.45, 7) is -3.05. The quantitative estimate of drug-likeness (QED) is 0.749. The van der Waals surface area contributed by atoms with Gasteiger partial charge in [-0.25, -0.2) is 4.79 Å². The van der Waals surface area contributed by atoms with Gasteiger partial charge in [0.2, 0.25) is 0 Å². The maximum atomic E-state index is 13.0. The molecule has 0 radical (unpaired) electrons. The molecule has 11 heteroatoms. The minimum Gasteiger partial charge on any atom is -0.481 e. The van der Waals surface area contributed by atoms with Crippen molar-refractivity contribution >= 4 is 12.0 Å². The normalized spacial score (nSPS) is 21.2. The molecule has 27 heavy (non-hydrogen) atoms. The van der Waals surface area contributed by atoms with Gasteiger partial charge in [0.15, 0.2) is 0 Å². The number of alkyl halides is 5. The Kier molecular flexibility index (Phi) is 6.11. The van der Waals surface area contributed by atoms with Crippen LogP contribution in [0.25, 0.3) is 0 Å². The largest absolute Gasteiger partial charge is 0.481 e. The van der Waals surface area contributed by atoms with E-state index in [1.807, 2.05) is 0 Å². The summed E-state index contributed by atoms with van der Waals surface area (Å²) in [5.41, 5.74) is 0.201. The van der Waals surface area contributed by atoms with Crippen molar-refractivity contribution in [3.05, 3.63) is 29.8 Å². The lowest BCUT2D eigenvalue weighted by Crippen LogP contribution is -2.40. The number of para-hydroxylation sites is 1. The van der Waals surface area contributed by atoms with Crippen molar-refractivity contribution < 1.29 is 41.4 Å². The number of aliphatic carboxylic acids is 1. The summed E-state index contributed by atoms with van der Waals surface area (Å²) in [6.07, 6.45) is -4.76. The molecule has 1 aromatic carbocycles. The van der Waals surface area contributed by atoms with Crippen LogP contribution in [0.3, 0.4) is 0 Å². The van der Waals surface area contributed by atoms with Gasteiger partial charge < -0.3 is 20.1 Å². The number of urea groups is 1. The van der Waals surface area contributed by atoms with Crippen LogP contribution in [-0.2, 0) is 4.79 Å². The highest BCUT2D eigenvalue weighted by molar-refractivity contribution is 5.78. The van der Waals surface area contributed by atoms with Crippen LogP contribution in [0.1, 0.15) is 18.5 Å². The number of nitrogens with one attached hydrogen (secondary N) is 1. The molecule has 1 unspecified atom stereocenters. The number of likely N-dealkylation sites (tertiary alicyclic amines) is 1. The predicted octanol–water partition coefficient (Wildman–Crippen LogP) is 3.25. The van der Waals surface area contributed by atoms with Crippen LogP contribution in [-0.4, -0.2) is 47.9 Å². The van der Waals surface area contributed by atoms with Crippen LogP contribution in [0.15, 0.2) is 24.3 Å². The van der Waals surface area contributed by atoms with Crippen LogP contribution in [0.5, 0.6) is 5.75 Å². The van der Waals surface area contributed by atoms with E-state index in [1.54, 1.807) is 0 Å². The van der Waals surface area contributed by atoms with Gasteiger partial charge in [-0.3, -0.25) is 4.79 Å². The monoisotopic (exact) mass is 396 g/mol. The molecule has 0 spiro atoms. The van der Waals surface area contributed by atoms with Gasteiger partial charge in [-0.15, -0.1) is 0 Å². The van der Waals surface area contributed by atoms with Gasteiger partial charge in [0.25, 0.3) is 0 Å². The van der Waals surface area contributed by atoms with E-state index in [0.29, 0.717) is 0 Å². The number of rotatable bonds is 5. The average Bonchev–Trinajstić information content (AvgIpc) is 3.00. The Hall–Kier alpha value is -2.59. The van der Waals surface area contributed by atoms with Crippen LogP contribution in [0, 0.1) is 11.8 Å². The zero-order chi connectivity index (χ0) is 20.4. The Balaban J connectivity index is 2.10. The fourth-order valence-electron chi connectivity index (χ4n) is 2.95. The topological polar surface area (TPSA) is 78.9 Å². The number of carbonyl (C=O) groups is 2. The van der Waals surface area contributed by atoms with E-state index >= 15 is 0 Å². The molecular formula is C16H17F5N2O4. The second-order valence-electron chi connectivity index (χ2n) is 6.09. The summed E-state index contributed by atoms with van der Waals surface area (Å²) < 4.78 is 68.3. The number of hydrogen-bond donors (Lipinski definition) is 2. The van der Waals surface area contributed by atoms with E-state index < -0.39 is 55.8 Å². The third-order valence-corrected chi connectivity index (χ3v) is 4.29. The number of carboxylic acid groups (broad SMARTS) is 1. The molecule has 1 aromatic rings. The van der Waals surface area contributed by atoms with Gasteiger partial charge in [0.1, 0.15) is 5.75 Å². The molecule has 0 aliphatic carbocycles. The van der Waals surface area contributed by atoms with Crippen molar-refractivity contribution in [1.29, 1.82) is 0 Å². The number of carbonyl (C=O) groups excluding carboxylic acids is 1. The lowest BCUT2D eigenvalue weighted by atomic mass is 9.96. The number of halogens is 5. The zero-order valence-electron chi connectivity index (χ0n) is 14.0. The van der Waals surface area contributed by atoms with Gasteiger partial charge in [-0.1, -0.05) is 18.2 Å². The van der Waals surface area contributed by atoms with Crippen molar-refractivity contribution in [2.45, 2.75) is 25.8 Å².